The van der Waals surface area contributed by atoms with Crippen LogP contribution in [-0.4, -0.2) is 23.3 Å². The maximum Gasteiger partial charge on any atom is 0.245 e. The highest BCUT2D eigenvalue weighted by Crippen LogP contribution is 2.18. The summed E-state index contributed by atoms with van der Waals surface area (Å²) in [5, 5.41) is 11.1. The second kappa shape index (κ2) is 6.01. The van der Waals surface area contributed by atoms with Crippen molar-refractivity contribution in [1.82, 2.24) is 9.88 Å². The minimum absolute atomic E-state index is 0.0152. The molecule has 0 saturated heterocycles. The number of halogens is 1. The molecule has 0 fully saturated rings. The zero-order valence-corrected chi connectivity index (χ0v) is 11.2. The molecule has 0 aliphatic rings. The van der Waals surface area contributed by atoms with Crippen LogP contribution in [0, 0.1) is 23.1 Å². The first-order valence-electron chi connectivity index (χ1n) is 6.16. The number of benzene rings is 1. The molecule has 1 atom stereocenters. The Kier molecular flexibility index (Phi) is 4.14. The van der Waals surface area contributed by atoms with Gasteiger partial charge in [0.25, 0.3) is 0 Å². The molecule has 0 aliphatic carbocycles. The molecule has 5 nitrogen and oxygen atoms in total. The van der Waals surface area contributed by atoms with E-state index in [4.69, 9.17) is 5.26 Å². The molecule has 2 rings (SSSR count). The number of nitrogens with zero attached hydrogens (tertiary/aromatic N) is 2. The largest absolute Gasteiger partial charge is 0.358 e. The van der Waals surface area contributed by atoms with Crippen LogP contribution in [-0.2, 0) is 4.79 Å². The van der Waals surface area contributed by atoms with Crippen molar-refractivity contribution in [2.75, 3.05) is 7.05 Å². The fourth-order valence-electron chi connectivity index (χ4n) is 1.91. The lowest BCUT2D eigenvalue weighted by atomic mass is 9.97. The van der Waals surface area contributed by atoms with E-state index in [0.29, 0.717) is 0 Å². The first-order chi connectivity index (χ1) is 10.1. The van der Waals surface area contributed by atoms with Crippen molar-refractivity contribution in [2.45, 2.75) is 0 Å². The fourth-order valence-corrected chi connectivity index (χ4v) is 1.91. The van der Waals surface area contributed by atoms with Gasteiger partial charge in [-0.05, 0) is 30.3 Å². The molecule has 0 aliphatic heterocycles. The maximum absolute atomic E-state index is 14.1. The zero-order valence-electron chi connectivity index (χ0n) is 11.2. The number of nitriles is 1. The summed E-state index contributed by atoms with van der Waals surface area (Å²) < 4.78 is 15.6. The quantitative estimate of drug-likeness (QED) is 0.686. The minimum Gasteiger partial charge on any atom is -0.358 e. The van der Waals surface area contributed by atoms with E-state index >= 15 is 0 Å². The van der Waals surface area contributed by atoms with Crippen molar-refractivity contribution >= 4 is 11.7 Å². The van der Waals surface area contributed by atoms with Crippen LogP contribution in [0.25, 0.3) is 5.69 Å². The summed E-state index contributed by atoms with van der Waals surface area (Å²) in [5.41, 5.74) is 0.267. The van der Waals surface area contributed by atoms with Crippen LogP contribution < -0.4 is 5.32 Å². The van der Waals surface area contributed by atoms with Gasteiger partial charge < -0.3 is 9.88 Å². The van der Waals surface area contributed by atoms with Crippen molar-refractivity contribution in [3.63, 3.8) is 0 Å². The lowest BCUT2D eigenvalue weighted by Crippen LogP contribution is -2.32. The number of aromatic nitrogens is 1. The lowest BCUT2D eigenvalue weighted by molar-refractivity contribution is -0.121. The first kappa shape index (κ1) is 14.5. The summed E-state index contributed by atoms with van der Waals surface area (Å²) in [6, 6.07) is 8.98. The summed E-state index contributed by atoms with van der Waals surface area (Å²) in [5.74, 6) is -3.52. The minimum atomic E-state index is -1.48. The molecule has 21 heavy (non-hydrogen) atoms. The van der Waals surface area contributed by atoms with E-state index in [1.165, 1.54) is 19.2 Å². The van der Waals surface area contributed by atoms with Gasteiger partial charge in [0.05, 0.1) is 11.8 Å². The third-order valence-electron chi connectivity index (χ3n) is 3.01. The molecule has 0 radical (unpaired) electrons. The SMILES string of the molecule is CNC(=O)C(C#N)C(=O)c1ccc(-n2cccc2)c(F)c1. The highest BCUT2D eigenvalue weighted by Gasteiger charge is 2.27. The summed E-state index contributed by atoms with van der Waals surface area (Å²) in [7, 11) is 1.33. The Balaban J connectivity index is 2.34. The van der Waals surface area contributed by atoms with E-state index in [1.54, 1.807) is 35.2 Å². The van der Waals surface area contributed by atoms with Crippen LogP contribution in [0.2, 0.25) is 0 Å². The van der Waals surface area contributed by atoms with Gasteiger partial charge in [0.15, 0.2) is 11.7 Å². The van der Waals surface area contributed by atoms with Crippen molar-refractivity contribution in [3.8, 4) is 11.8 Å². The predicted octanol–water partition coefficient (Wildman–Crippen LogP) is 1.68. The number of ketones is 1. The Morgan fingerprint density at radius 2 is 2.00 bits per heavy atom. The number of rotatable bonds is 4. The van der Waals surface area contributed by atoms with Gasteiger partial charge in [0.1, 0.15) is 5.82 Å². The van der Waals surface area contributed by atoms with Crippen LogP contribution in [0.4, 0.5) is 4.39 Å². The number of carbonyl (C=O) groups is 2. The van der Waals surface area contributed by atoms with Crippen LogP contribution in [0.5, 0.6) is 0 Å². The second-order valence-corrected chi connectivity index (χ2v) is 4.30. The van der Waals surface area contributed by atoms with Gasteiger partial charge in [-0.2, -0.15) is 5.26 Å². The first-order valence-corrected chi connectivity index (χ1v) is 6.16. The second-order valence-electron chi connectivity index (χ2n) is 4.30. The molecule has 1 amide bonds. The summed E-state index contributed by atoms with van der Waals surface area (Å²) in [6.07, 6.45) is 3.34. The standard InChI is InChI=1S/C15H12FN3O2/c1-18-15(21)11(9-17)14(20)10-4-5-13(12(16)8-10)19-6-2-3-7-19/h2-8,11H,1H3,(H,18,21). The summed E-state index contributed by atoms with van der Waals surface area (Å²) in [4.78, 5) is 23.5. The van der Waals surface area contributed by atoms with E-state index in [1.807, 2.05) is 0 Å². The van der Waals surface area contributed by atoms with Gasteiger partial charge in [-0.25, -0.2) is 4.39 Å². The molecule has 106 valence electrons. The normalized spacial score (nSPS) is 11.5. The average molecular weight is 285 g/mol. The Morgan fingerprint density at radius 1 is 1.33 bits per heavy atom. The van der Waals surface area contributed by atoms with Crippen LogP contribution in [0.1, 0.15) is 10.4 Å². The van der Waals surface area contributed by atoms with Crippen molar-refractivity contribution in [2.24, 2.45) is 5.92 Å². The number of amides is 1. The van der Waals surface area contributed by atoms with Gasteiger partial charge in [-0.15, -0.1) is 0 Å². The van der Waals surface area contributed by atoms with Crippen LogP contribution in [0.15, 0.2) is 42.7 Å². The molecule has 1 N–H and O–H groups in total. The number of nitrogens with one attached hydrogen (secondary N) is 1. The lowest BCUT2D eigenvalue weighted by Gasteiger charge is -2.09. The van der Waals surface area contributed by atoms with Crippen molar-refractivity contribution < 1.29 is 14.0 Å². The van der Waals surface area contributed by atoms with E-state index in [2.05, 4.69) is 5.32 Å². The molecule has 1 heterocycles. The van der Waals surface area contributed by atoms with E-state index in [9.17, 15) is 14.0 Å². The van der Waals surface area contributed by atoms with Crippen molar-refractivity contribution in [3.05, 3.63) is 54.1 Å². The van der Waals surface area contributed by atoms with Crippen molar-refractivity contribution in [1.29, 1.82) is 5.26 Å². The van der Waals surface area contributed by atoms with Crippen LogP contribution >= 0.6 is 0 Å². The molecule has 0 saturated carbocycles. The van der Waals surface area contributed by atoms with E-state index < -0.39 is 23.4 Å². The molecule has 0 spiro atoms. The third-order valence-corrected chi connectivity index (χ3v) is 3.01. The predicted molar refractivity (Wildman–Crippen MR) is 73.2 cm³/mol. The van der Waals surface area contributed by atoms with Gasteiger partial charge in [0, 0.05) is 25.0 Å². The molecule has 1 aromatic heterocycles. The average Bonchev–Trinajstić information content (AvgIpc) is 3.01. The molecular weight excluding hydrogens is 273 g/mol. The Hall–Kier alpha value is -2.94. The molecule has 1 aromatic carbocycles. The molecule has 0 bridgehead atoms. The van der Waals surface area contributed by atoms with E-state index in [0.717, 1.165) is 6.07 Å². The Morgan fingerprint density at radius 3 is 2.52 bits per heavy atom. The number of Topliss-reactive ketones (excluding diaryl/α,β-unsaturated/α-hetero) is 1. The fraction of sp³-hybridized carbons (Fsp3) is 0.133. The topological polar surface area (TPSA) is 74.9 Å². The van der Waals surface area contributed by atoms with E-state index in [-0.39, 0.29) is 11.3 Å². The molecule has 2 aromatic rings. The van der Waals surface area contributed by atoms with Gasteiger partial charge in [-0.1, -0.05) is 0 Å². The summed E-state index contributed by atoms with van der Waals surface area (Å²) >= 11 is 0. The number of hydrogen-bond acceptors (Lipinski definition) is 3. The Bertz CT molecular complexity index is 717. The monoisotopic (exact) mass is 285 g/mol. The van der Waals surface area contributed by atoms with Gasteiger partial charge >= 0.3 is 0 Å². The molecule has 6 heteroatoms. The van der Waals surface area contributed by atoms with Gasteiger partial charge in [-0.3, -0.25) is 9.59 Å². The zero-order chi connectivity index (χ0) is 15.4. The molecule has 1 unspecified atom stereocenters. The highest BCUT2D eigenvalue weighted by molar-refractivity contribution is 6.12. The van der Waals surface area contributed by atoms with Gasteiger partial charge in [0.2, 0.25) is 5.91 Å². The number of hydrogen-bond donors (Lipinski definition) is 1. The Labute approximate surface area is 120 Å². The third kappa shape index (κ3) is 2.82. The molecular formula is C15H12FN3O2. The smallest absolute Gasteiger partial charge is 0.245 e. The number of carbonyl (C=O) groups excluding carboxylic acids is 2. The maximum atomic E-state index is 14.1. The summed E-state index contributed by atoms with van der Waals surface area (Å²) in [6.45, 7) is 0. The highest BCUT2D eigenvalue weighted by atomic mass is 19.1. The van der Waals surface area contributed by atoms with Crippen LogP contribution in [0.3, 0.4) is 0 Å².